The predicted molar refractivity (Wildman–Crippen MR) is 182 cm³/mol. The Labute approximate surface area is 283 Å². The Morgan fingerprint density at radius 2 is 1.44 bits per heavy atom. The van der Waals surface area contributed by atoms with Gasteiger partial charge in [-0.05, 0) is 99.6 Å². The van der Waals surface area contributed by atoms with E-state index in [1.807, 2.05) is 58.0 Å². The third-order valence-electron chi connectivity index (χ3n) is 8.69. The maximum atomic E-state index is 12.5. The minimum Gasteiger partial charge on any atom is -0.493 e. The average molecular weight is 659 g/mol. The maximum absolute atomic E-state index is 12.5. The van der Waals surface area contributed by atoms with Gasteiger partial charge in [-0.3, -0.25) is 9.59 Å². The summed E-state index contributed by atoms with van der Waals surface area (Å²) in [7, 11) is 3.10. The summed E-state index contributed by atoms with van der Waals surface area (Å²) in [6.45, 7) is 9.96. The number of carbonyl (C=O) groups excluding carboxylic acids is 2. The monoisotopic (exact) mass is 658 g/mol. The van der Waals surface area contributed by atoms with E-state index in [1.165, 1.54) is 7.11 Å². The van der Waals surface area contributed by atoms with Crippen molar-refractivity contribution in [2.45, 2.75) is 52.9 Å². The fourth-order valence-corrected chi connectivity index (χ4v) is 6.11. The Morgan fingerprint density at radius 1 is 0.875 bits per heavy atom. The first-order valence-electron chi connectivity index (χ1n) is 16.4. The van der Waals surface area contributed by atoms with E-state index in [1.54, 1.807) is 29.0 Å². The highest BCUT2D eigenvalue weighted by atomic mass is 16.5. The summed E-state index contributed by atoms with van der Waals surface area (Å²) in [5.41, 5.74) is 10.3. The smallest absolute Gasteiger partial charge is 0.260 e. The fourth-order valence-electron chi connectivity index (χ4n) is 6.11. The van der Waals surface area contributed by atoms with Gasteiger partial charge in [-0.2, -0.15) is 5.26 Å². The molecule has 0 saturated carbocycles. The van der Waals surface area contributed by atoms with Crippen LogP contribution in [0.4, 0.5) is 0 Å². The predicted octanol–water partition coefficient (Wildman–Crippen LogP) is 5.53. The van der Waals surface area contributed by atoms with Crippen LogP contribution in [0.3, 0.4) is 0 Å². The molecule has 0 radical (unpaired) electrons. The van der Waals surface area contributed by atoms with E-state index in [0.717, 1.165) is 35.1 Å². The summed E-state index contributed by atoms with van der Waals surface area (Å²) in [5.74, 6) is 1.91. The molecule has 0 spiro atoms. The quantitative estimate of drug-likeness (QED) is 0.278. The molecule has 1 heterocycles. The number of amides is 2. The van der Waals surface area contributed by atoms with Crippen molar-refractivity contribution >= 4 is 17.9 Å². The van der Waals surface area contributed by atoms with Gasteiger partial charge >= 0.3 is 0 Å². The lowest BCUT2D eigenvalue weighted by Gasteiger charge is -2.33. The summed E-state index contributed by atoms with van der Waals surface area (Å²) in [6, 6.07) is 13.3. The Kier molecular flexibility index (Phi) is 12.4. The number of nitrogens with two attached hydrogens (primary N) is 1. The van der Waals surface area contributed by atoms with Crippen molar-refractivity contribution in [1.82, 2.24) is 9.80 Å². The van der Waals surface area contributed by atoms with Crippen LogP contribution in [0.1, 0.15) is 64.0 Å². The van der Waals surface area contributed by atoms with E-state index >= 15 is 0 Å². The average Bonchev–Trinajstić information content (AvgIpc) is 3.10. The molecule has 2 N–H and O–H groups in total. The second-order valence-corrected chi connectivity index (χ2v) is 11.3. The van der Waals surface area contributed by atoms with Crippen molar-refractivity contribution in [3.63, 3.8) is 0 Å². The van der Waals surface area contributed by atoms with Crippen LogP contribution < -0.4 is 24.7 Å². The topological polar surface area (TPSA) is 137 Å². The van der Waals surface area contributed by atoms with Crippen molar-refractivity contribution in [3.05, 3.63) is 75.9 Å². The first-order chi connectivity index (χ1) is 23.2. The van der Waals surface area contributed by atoms with Gasteiger partial charge in [-0.15, -0.1) is 0 Å². The molecule has 0 aromatic heterocycles. The number of hydrogen-bond donors (Lipinski definition) is 1. The highest BCUT2D eigenvalue weighted by molar-refractivity contribution is 5.78. The van der Waals surface area contributed by atoms with Gasteiger partial charge in [0.05, 0.1) is 14.2 Å². The Balaban J connectivity index is 1.64. The number of nitriles is 1. The van der Waals surface area contributed by atoms with E-state index in [9.17, 15) is 14.9 Å². The van der Waals surface area contributed by atoms with E-state index in [-0.39, 0.29) is 30.9 Å². The molecule has 2 amide bonds. The van der Waals surface area contributed by atoms with Gasteiger partial charge < -0.3 is 39.2 Å². The van der Waals surface area contributed by atoms with Crippen molar-refractivity contribution in [2.75, 3.05) is 53.6 Å². The van der Waals surface area contributed by atoms with E-state index in [4.69, 9.17) is 29.4 Å². The first kappa shape index (κ1) is 35.7. The van der Waals surface area contributed by atoms with Gasteiger partial charge in [0.25, 0.3) is 11.8 Å². The SMILES string of the molecule is CCN(CC)C(=O)COc1ccc(/C=C2\CCCC3=C2OC(N)=C(C#N)C3c2ccc(OCC(=O)N(CC)CC)c(OC)c2)cc1OC. The lowest BCUT2D eigenvalue weighted by atomic mass is 9.77. The molecule has 48 heavy (non-hydrogen) atoms. The Bertz CT molecular complexity index is 1630. The Morgan fingerprint density at radius 3 is 1.98 bits per heavy atom. The Hall–Kier alpha value is -5.11. The molecule has 0 bridgehead atoms. The van der Waals surface area contributed by atoms with Gasteiger partial charge in [0, 0.05) is 32.1 Å². The molecule has 2 aromatic rings. The third-order valence-corrected chi connectivity index (χ3v) is 8.69. The number of allylic oxidation sites excluding steroid dienone is 3. The summed E-state index contributed by atoms with van der Waals surface area (Å²) >= 11 is 0. The van der Waals surface area contributed by atoms with Crippen LogP contribution in [0, 0.1) is 11.3 Å². The first-order valence-corrected chi connectivity index (χ1v) is 16.4. The second kappa shape index (κ2) is 16.6. The van der Waals surface area contributed by atoms with Crippen LogP contribution in [-0.4, -0.2) is 75.2 Å². The van der Waals surface area contributed by atoms with Crippen molar-refractivity contribution in [2.24, 2.45) is 5.73 Å². The highest BCUT2D eigenvalue weighted by Crippen LogP contribution is 2.48. The molecule has 256 valence electrons. The lowest BCUT2D eigenvalue weighted by molar-refractivity contribution is -0.133. The molecule has 2 aliphatic rings. The third kappa shape index (κ3) is 7.88. The number of nitrogens with zero attached hydrogens (tertiary/aromatic N) is 3. The summed E-state index contributed by atoms with van der Waals surface area (Å²) in [6.07, 6.45) is 4.33. The molecular formula is C37H46N4O7. The minimum atomic E-state index is -0.448. The summed E-state index contributed by atoms with van der Waals surface area (Å²) in [5, 5.41) is 10.2. The van der Waals surface area contributed by atoms with Crippen LogP contribution in [0.5, 0.6) is 23.0 Å². The maximum Gasteiger partial charge on any atom is 0.260 e. The van der Waals surface area contributed by atoms with Crippen LogP contribution in [-0.2, 0) is 14.3 Å². The van der Waals surface area contributed by atoms with Gasteiger partial charge in [-0.25, -0.2) is 0 Å². The largest absolute Gasteiger partial charge is 0.493 e. The minimum absolute atomic E-state index is 0.0531. The standard InChI is InChI=1S/C37H46N4O7/c1-7-40(8-2)33(42)22-46-29-16-14-24(19-31(29)44-5)18-26-12-11-13-27-35(28(21-38)37(39)48-36(26)27)25-15-17-30(32(20-25)45-6)47-23-34(43)41(9-3)10-4/h14-20,35H,7-13,22-23,39H2,1-6H3/b26-18+. The molecular weight excluding hydrogens is 612 g/mol. The number of methoxy groups -OCH3 is 2. The zero-order valence-corrected chi connectivity index (χ0v) is 28.8. The van der Waals surface area contributed by atoms with Crippen LogP contribution >= 0.6 is 0 Å². The number of ether oxygens (including phenoxy) is 5. The molecule has 11 heteroatoms. The number of likely N-dealkylation sites (N-methyl/N-ethyl adjacent to an activating group) is 2. The molecule has 1 aliphatic heterocycles. The fraction of sp³-hybridized carbons (Fsp3) is 0.432. The van der Waals surface area contributed by atoms with Crippen LogP contribution in [0.15, 0.2) is 64.8 Å². The van der Waals surface area contributed by atoms with Gasteiger partial charge in [0.1, 0.15) is 17.4 Å². The molecule has 0 saturated heterocycles. The van der Waals surface area contributed by atoms with E-state index in [2.05, 4.69) is 6.07 Å². The lowest BCUT2D eigenvalue weighted by Crippen LogP contribution is -2.34. The summed E-state index contributed by atoms with van der Waals surface area (Å²) in [4.78, 5) is 28.4. The van der Waals surface area contributed by atoms with Crippen LogP contribution in [0.2, 0.25) is 0 Å². The molecule has 1 atom stereocenters. The van der Waals surface area contributed by atoms with E-state index < -0.39 is 5.92 Å². The summed E-state index contributed by atoms with van der Waals surface area (Å²) < 4.78 is 29.1. The highest BCUT2D eigenvalue weighted by Gasteiger charge is 2.36. The van der Waals surface area contributed by atoms with Gasteiger partial charge in [-0.1, -0.05) is 12.1 Å². The zero-order chi connectivity index (χ0) is 34.8. The van der Waals surface area contributed by atoms with Crippen molar-refractivity contribution in [1.29, 1.82) is 5.26 Å². The van der Waals surface area contributed by atoms with Crippen LogP contribution in [0.25, 0.3) is 6.08 Å². The van der Waals surface area contributed by atoms with Crippen molar-refractivity contribution < 1.29 is 33.3 Å². The normalized spacial score (nSPS) is 16.4. The number of rotatable bonds is 14. The number of carbonyl (C=O) groups is 2. The molecule has 4 rings (SSSR count). The van der Waals surface area contributed by atoms with Gasteiger partial charge in [0.2, 0.25) is 5.88 Å². The van der Waals surface area contributed by atoms with E-state index in [0.29, 0.717) is 66.9 Å². The number of hydrogen-bond acceptors (Lipinski definition) is 9. The van der Waals surface area contributed by atoms with Gasteiger partial charge in [0.15, 0.2) is 36.2 Å². The number of benzene rings is 2. The molecule has 11 nitrogen and oxygen atoms in total. The second-order valence-electron chi connectivity index (χ2n) is 11.3. The van der Waals surface area contributed by atoms with Crippen molar-refractivity contribution in [3.8, 4) is 29.1 Å². The molecule has 0 fully saturated rings. The molecule has 1 aliphatic carbocycles. The zero-order valence-electron chi connectivity index (χ0n) is 28.8. The molecule has 2 aromatic carbocycles. The molecule has 1 unspecified atom stereocenters.